The summed E-state index contributed by atoms with van der Waals surface area (Å²) in [5, 5.41) is 0. The molecule has 2 aromatic rings. The summed E-state index contributed by atoms with van der Waals surface area (Å²) in [4.78, 5) is 1.69. The number of sulfone groups is 1. The van der Waals surface area contributed by atoms with Gasteiger partial charge < -0.3 is 9.64 Å². The van der Waals surface area contributed by atoms with E-state index in [-0.39, 0.29) is 16.8 Å². The van der Waals surface area contributed by atoms with Crippen molar-refractivity contribution in [3.63, 3.8) is 0 Å². The molecule has 0 saturated carbocycles. The van der Waals surface area contributed by atoms with E-state index >= 15 is 0 Å². The minimum Gasteiger partial charge on any atom is -0.373 e. The highest BCUT2D eigenvalue weighted by molar-refractivity contribution is 7.91. The van der Waals surface area contributed by atoms with Crippen molar-refractivity contribution in [2.45, 2.75) is 36.2 Å². The number of hydrogen-bond acceptors (Lipinski definition) is 4. The van der Waals surface area contributed by atoms with Crippen molar-refractivity contribution in [3.05, 3.63) is 59.9 Å². The van der Waals surface area contributed by atoms with Crippen molar-refractivity contribution in [3.8, 4) is 0 Å². The number of anilines is 1. The molecule has 2 aromatic carbocycles. The molecule has 8 heteroatoms. The Hall–Kier alpha value is -2.06. The molecule has 0 radical (unpaired) electrons. The van der Waals surface area contributed by atoms with E-state index in [2.05, 4.69) is 4.90 Å². The Bertz CT molecular complexity index is 847. The number of benzene rings is 2. The van der Waals surface area contributed by atoms with Crippen molar-refractivity contribution in [1.82, 2.24) is 0 Å². The normalized spacial score (nSPS) is 16.1. The lowest BCUT2D eigenvalue weighted by atomic mass is 10.1. The molecule has 0 N–H and O–H groups in total. The van der Waals surface area contributed by atoms with E-state index in [4.69, 9.17) is 4.74 Å². The zero-order valence-corrected chi connectivity index (χ0v) is 15.3. The average molecular weight is 399 g/mol. The quantitative estimate of drug-likeness (QED) is 0.737. The number of alkyl halides is 2. The molecule has 0 spiro atoms. The number of piperidine rings is 1. The zero-order chi connectivity index (χ0) is 19.4. The van der Waals surface area contributed by atoms with Crippen molar-refractivity contribution in [1.29, 1.82) is 0 Å². The number of hydrogen-bond donors (Lipinski definition) is 0. The third-order valence-electron chi connectivity index (χ3n) is 4.61. The minimum atomic E-state index is -4.56. The third-order valence-corrected chi connectivity index (χ3v) is 6.00. The lowest BCUT2D eigenvalue weighted by Crippen LogP contribution is -2.37. The van der Waals surface area contributed by atoms with Gasteiger partial charge in [0.1, 0.15) is 5.82 Å². The van der Waals surface area contributed by atoms with Gasteiger partial charge in [-0.1, -0.05) is 12.1 Å². The highest BCUT2D eigenvalue weighted by Crippen LogP contribution is 2.25. The van der Waals surface area contributed by atoms with Crippen LogP contribution in [0.5, 0.6) is 0 Å². The maximum Gasteiger partial charge on any atom is 0.341 e. The lowest BCUT2D eigenvalue weighted by Gasteiger charge is -2.33. The molecule has 0 aliphatic carbocycles. The molecule has 0 atom stereocenters. The van der Waals surface area contributed by atoms with Crippen LogP contribution < -0.4 is 4.90 Å². The molecule has 0 bridgehead atoms. The molecule has 0 unspecified atom stereocenters. The molecular formula is C19H20F3NO3S. The Kier molecular flexibility index (Phi) is 6.06. The number of halogens is 3. The van der Waals surface area contributed by atoms with Gasteiger partial charge >= 0.3 is 5.76 Å². The first kappa shape index (κ1) is 19.7. The van der Waals surface area contributed by atoms with Crippen molar-refractivity contribution >= 4 is 15.5 Å². The highest BCUT2D eigenvalue weighted by atomic mass is 32.2. The first-order valence-electron chi connectivity index (χ1n) is 8.59. The standard InChI is InChI=1S/C19H20F3NO3S/c20-15-3-1-14(2-4-15)13-26-17-9-11-23(12-10-17)16-5-7-18(8-6-16)27(24,25)19(21)22/h1-8,17,19H,9-13H2. The number of ether oxygens (including phenoxy) is 1. The average Bonchev–Trinajstić information content (AvgIpc) is 2.68. The highest BCUT2D eigenvalue weighted by Gasteiger charge is 2.27. The van der Waals surface area contributed by atoms with Gasteiger partial charge in [0.2, 0.25) is 9.84 Å². The van der Waals surface area contributed by atoms with Gasteiger partial charge in [0.05, 0.1) is 17.6 Å². The molecule has 3 rings (SSSR count). The second-order valence-electron chi connectivity index (χ2n) is 6.42. The van der Waals surface area contributed by atoms with Gasteiger partial charge in [-0.25, -0.2) is 12.8 Å². The second-order valence-corrected chi connectivity index (χ2v) is 8.34. The number of nitrogens with zero attached hydrogens (tertiary/aromatic N) is 1. The first-order chi connectivity index (χ1) is 12.9. The molecule has 146 valence electrons. The summed E-state index contributed by atoms with van der Waals surface area (Å²) in [6, 6.07) is 11.7. The molecule has 1 aliphatic rings. The molecule has 1 aliphatic heterocycles. The van der Waals surface area contributed by atoms with Gasteiger partial charge in [0, 0.05) is 18.8 Å². The van der Waals surface area contributed by atoms with E-state index in [9.17, 15) is 21.6 Å². The maximum atomic E-state index is 12.9. The Morgan fingerprint density at radius 2 is 1.59 bits per heavy atom. The van der Waals surface area contributed by atoms with Crippen LogP contribution in [0.4, 0.5) is 18.9 Å². The fraction of sp³-hybridized carbons (Fsp3) is 0.368. The van der Waals surface area contributed by atoms with Crippen LogP contribution in [0.3, 0.4) is 0 Å². The topological polar surface area (TPSA) is 46.6 Å². The summed E-state index contributed by atoms with van der Waals surface area (Å²) >= 11 is 0. The van der Waals surface area contributed by atoms with E-state index in [1.807, 2.05) is 0 Å². The fourth-order valence-electron chi connectivity index (χ4n) is 3.02. The molecule has 27 heavy (non-hydrogen) atoms. The number of rotatable bonds is 6. The molecule has 4 nitrogen and oxygen atoms in total. The third kappa shape index (κ3) is 4.81. The Labute approximate surface area is 156 Å². The molecule has 1 saturated heterocycles. The van der Waals surface area contributed by atoms with E-state index in [0.717, 1.165) is 37.2 Å². The predicted octanol–water partition coefficient (Wildman–Crippen LogP) is 4.01. The molecular weight excluding hydrogens is 379 g/mol. The SMILES string of the molecule is O=S(=O)(c1ccc(N2CCC(OCc3ccc(F)cc3)CC2)cc1)C(F)F. The van der Waals surface area contributed by atoms with Crippen LogP contribution in [-0.4, -0.2) is 33.4 Å². The van der Waals surface area contributed by atoms with Crippen LogP contribution in [0.25, 0.3) is 0 Å². The summed E-state index contributed by atoms with van der Waals surface area (Å²) in [6.45, 7) is 1.86. The van der Waals surface area contributed by atoms with Crippen molar-refractivity contribution in [2.75, 3.05) is 18.0 Å². The van der Waals surface area contributed by atoms with Crippen LogP contribution in [-0.2, 0) is 21.2 Å². The van der Waals surface area contributed by atoms with Gasteiger partial charge in [-0.05, 0) is 54.8 Å². The Balaban J connectivity index is 1.52. The minimum absolute atomic E-state index is 0.0878. The van der Waals surface area contributed by atoms with Gasteiger partial charge in [-0.2, -0.15) is 8.78 Å². The smallest absolute Gasteiger partial charge is 0.341 e. The van der Waals surface area contributed by atoms with E-state index < -0.39 is 15.6 Å². The zero-order valence-electron chi connectivity index (χ0n) is 14.5. The summed E-state index contributed by atoms with van der Waals surface area (Å²) in [5.41, 5.74) is 1.70. The van der Waals surface area contributed by atoms with Crippen LogP contribution in [0.2, 0.25) is 0 Å². The van der Waals surface area contributed by atoms with E-state index in [1.54, 1.807) is 24.3 Å². The van der Waals surface area contributed by atoms with Crippen LogP contribution in [0.1, 0.15) is 18.4 Å². The second kappa shape index (κ2) is 8.31. The van der Waals surface area contributed by atoms with Gasteiger partial charge in [-0.3, -0.25) is 0 Å². The fourth-order valence-corrected chi connectivity index (χ4v) is 3.75. The van der Waals surface area contributed by atoms with E-state index in [0.29, 0.717) is 6.61 Å². The Morgan fingerprint density at radius 1 is 1.00 bits per heavy atom. The van der Waals surface area contributed by atoms with Crippen molar-refractivity contribution in [2.24, 2.45) is 0 Å². The van der Waals surface area contributed by atoms with Crippen LogP contribution in [0.15, 0.2) is 53.4 Å². The van der Waals surface area contributed by atoms with E-state index in [1.165, 1.54) is 24.3 Å². The maximum absolute atomic E-state index is 12.9. The summed E-state index contributed by atoms with van der Waals surface area (Å²) in [5.74, 6) is -3.70. The van der Waals surface area contributed by atoms with Gasteiger partial charge in [-0.15, -0.1) is 0 Å². The van der Waals surface area contributed by atoms with Crippen LogP contribution in [0, 0.1) is 5.82 Å². The lowest BCUT2D eigenvalue weighted by molar-refractivity contribution is 0.0251. The summed E-state index contributed by atoms with van der Waals surface area (Å²) < 4.78 is 66.9. The van der Waals surface area contributed by atoms with Crippen LogP contribution >= 0.6 is 0 Å². The Morgan fingerprint density at radius 3 is 2.15 bits per heavy atom. The van der Waals surface area contributed by atoms with Gasteiger partial charge in [0.25, 0.3) is 0 Å². The summed E-state index contributed by atoms with van der Waals surface area (Å²) in [6.07, 6.45) is 1.67. The first-order valence-corrected chi connectivity index (χ1v) is 10.1. The largest absolute Gasteiger partial charge is 0.373 e. The van der Waals surface area contributed by atoms with Gasteiger partial charge in [0.15, 0.2) is 0 Å². The molecule has 0 aromatic heterocycles. The molecule has 0 amide bonds. The predicted molar refractivity (Wildman–Crippen MR) is 96.1 cm³/mol. The molecule has 1 fully saturated rings. The summed E-state index contributed by atoms with van der Waals surface area (Å²) in [7, 11) is -4.56. The van der Waals surface area contributed by atoms with Crippen molar-refractivity contribution < 1.29 is 26.3 Å². The molecule has 1 heterocycles. The monoisotopic (exact) mass is 399 g/mol.